The van der Waals surface area contributed by atoms with E-state index in [1.54, 1.807) is 42.7 Å². The summed E-state index contributed by atoms with van der Waals surface area (Å²) in [5, 5.41) is 11.4. The van der Waals surface area contributed by atoms with Gasteiger partial charge in [0.2, 0.25) is 0 Å². The van der Waals surface area contributed by atoms with Gasteiger partial charge in [-0.3, -0.25) is 14.6 Å². The monoisotopic (exact) mass is 428 g/mol. The minimum absolute atomic E-state index is 0.0139. The van der Waals surface area contributed by atoms with Gasteiger partial charge in [0.25, 0.3) is 11.7 Å². The summed E-state index contributed by atoms with van der Waals surface area (Å²) in [5.74, 6) is -1.15. The number of Topliss-reactive ketones (excluding diaryl/α,β-unsaturated/α-hetero) is 1. The second-order valence-corrected chi connectivity index (χ2v) is 7.47. The minimum atomic E-state index is -0.726. The van der Waals surface area contributed by atoms with Crippen LogP contribution in [0, 0.1) is 0 Å². The van der Waals surface area contributed by atoms with Gasteiger partial charge in [0.15, 0.2) is 0 Å². The molecule has 1 aliphatic heterocycles. The number of rotatable bonds is 8. The average molecular weight is 429 g/mol. The number of nitrogens with zero attached hydrogens (tertiary/aromatic N) is 2. The highest BCUT2D eigenvalue weighted by atomic mass is 35.5. The van der Waals surface area contributed by atoms with E-state index in [2.05, 4.69) is 11.9 Å². The molecule has 0 radical (unpaired) electrons. The van der Waals surface area contributed by atoms with Gasteiger partial charge in [-0.1, -0.05) is 37.4 Å². The molecule has 1 saturated heterocycles. The van der Waals surface area contributed by atoms with Crippen molar-refractivity contribution in [1.29, 1.82) is 0 Å². The Morgan fingerprint density at radius 3 is 2.70 bits per heavy atom. The number of ether oxygens (including phenoxy) is 1. The van der Waals surface area contributed by atoms with E-state index < -0.39 is 17.7 Å². The molecule has 2 heterocycles. The van der Waals surface area contributed by atoms with Crippen molar-refractivity contribution in [2.75, 3.05) is 13.2 Å². The van der Waals surface area contributed by atoms with Crippen LogP contribution in [0.15, 0.2) is 48.3 Å². The van der Waals surface area contributed by atoms with Gasteiger partial charge < -0.3 is 14.7 Å². The number of hydrogen-bond acceptors (Lipinski definition) is 5. The standard InChI is InChI=1S/C23H25ClN2O4/c1-3-5-6-12-26-20(15-8-7-11-25-14-15)19(22(28)23(26)29)21(27)17-13-16(30-4-2)9-10-18(17)24/h7-11,13-14,20,27H,3-6,12H2,1-2H3/b21-19+. The number of benzene rings is 1. The van der Waals surface area contributed by atoms with Crippen molar-refractivity contribution in [1.82, 2.24) is 9.88 Å². The van der Waals surface area contributed by atoms with Crippen LogP contribution >= 0.6 is 11.6 Å². The fraction of sp³-hybridized carbons (Fsp3) is 0.348. The summed E-state index contributed by atoms with van der Waals surface area (Å²) in [6.45, 7) is 4.78. The first kappa shape index (κ1) is 21.8. The van der Waals surface area contributed by atoms with E-state index in [-0.39, 0.29) is 21.9 Å². The average Bonchev–Trinajstić information content (AvgIpc) is 3.00. The maximum absolute atomic E-state index is 13.0. The Morgan fingerprint density at radius 1 is 1.23 bits per heavy atom. The quantitative estimate of drug-likeness (QED) is 0.284. The van der Waals surface area contributed by atoms with Crippen molar-refractivity contribution in [3.05, 3.63) is 64.4 Å². The zero-order valence-electron chi connectivity index (χ0n) is 17.1. The third-order valence-electron chi connectivity index (χ3n) is 5.05. The number of unbranched alkanes of at least 4 members (excludes halogenated alkanes) is 2. The number of amides is 1. The SMILES string of the molecule is CCCCCN1C(=O)C(=O)/C(=C(/O)c2cc(OCC)ccc2Cl)C1c1cccnc1. The number of aliphatic hydroxyl groups is 1. The summed E-state index contributed by atoms with van der Waals surface area (Å²) in [6, 6.07) is 7.67. The number of hydrogen-bond donors (Lipinski definition) is 1. The first-order chi connectivity index (χ1) is 14.5. The maximum atomic E-state index is 13.0. The predicted molar refractivity (Wildman–Crippen MR) is 115 cm³/mol. The van der Waals surface area contributed by atoms with Crippen LogP contribution in [-0.4, -0.2) is 39.8 Å². The molecule has 1 aromatic heterocycles. The van der Waals surface area contributed by atoms with Crippen molar-refractivity contribution in [3.63, 3.8) is 0 Å². The highest BCUT2D eigenvalue weighted by Gasteiger charge is 2.46. The number of pyridine rings is 1. The molecule has 0 saturated carbocycles. The van der Waals surface area contributed by atoms with Crippen molar-refractivity contribution in [2.45, 2.75) is 39.2 Å². The van der Waals surface area contributed by atoms with Gasteiger partial charge in [0, 0.05) is 24.5 Å². The lowest BCUT2D eigenvalue weighted by atomic mass is 9.96. The molecule has 1 fully saturated rings. The predicted octanol–water partition coefficient (Wildman–Crippen LogP) is 4.75. The molecule has 2 aromatic rings. The fourth-order valence-corrected chi connectivity index (χ4v) is 3.82. The van der Waals surface area contributed by atoms with Crippen LogP contribution in [0.25, 0.3) is 5.76 Å². The molecular formula is C23H25ClN2O4. The zero-order chi connectivity index (χ0) is 21.7. The summed E-state index contributed by atoms with van der Waals surface area (Å²) in [6.07, 6.45) is 5.91. The summed E-state index contributed by atoms with van der Waals surface area (Å²) in [7, 11) is 0. The normalized spacial score (nSPS) is 18.1. The summed E-state index contributed by atoms with van der Waals surface area (Å²) < 4.78 is 5.50. The summed E-state index contributed by atoms with van der Waals surface area (Å²) >= 11 is 6.31. The lowest BCUT2D eigenvalue weighted by molar-refractivity contribution is -0.139. The largest absolute Gasteiger partial charge is 0.507 e. The number of carbonyl (C=O) groups is 2. The molecule has 7 heteroatoms. The van der Waals surface area contributed by atoms with Crippen LogP contribution in [-0.2, 0) is 9.59 Å². The molecule has 6 nitrogen and oxygen atoms in total. The third kappa shape index (κ3) is 4.33. The van der Waals surface area contributed by atoms with Gasteiger partial charge in [0.1, 0.15) is 11.5 Å². The van der Waals surface area contributed by atoms with Crippen LogP contribution < -0.4 is 4.74 Å². The Morgan fingerprint density at radius 2 is 2.03 bits per heavy atom. The molecule has 1 aromatic carbocycles. The van der Waals surface area contributed by atoms with Crippen molar-refractivity contribution < 1.29 is 19.4 Å². The van der Waals surface area contributed by atoms with Crippen LogP contribution in [0.5, 0.6) is 5.75 Å². The molecule has 1 N–H and O–H groups in total. The molecule has 0 aliphatic carbocycles. The Kier molecular flexibility index (Phi) is 7.11. The number of ketones is 1. The fourth-order valence-electron chi connectivity index (χ4n) is 3.61. The van der Waals surface area contributed by atoms with Crippen LogP contribution in [0.1, 0.15) is 50.3 Å². The van der Waals surface area contributed by atoms with E-state index in [1.807, 2.05) is 6.92 Å². The van der Waals surface area contributed by atoms with Crippen LogP contribution in [0.3, 0.4) is 0 Å². The van der Waals surface area contributed by atoms with E-state index in [0.717, 1.165) is 19.3 Å². The molecular weight excluding hydrogens is 404 g/mol. The van der Waals surface area contributed by atoms with Gasteiger partial charge in [-0.05, 0) is 43.2 Å². The molecule has 0 bridgehead atoms. The molecule has 158 valence electrons. The van der Waals surface area contributed by atoms with E-state index in [1.165, 1.54) is 4.90 Å². The van der Waals surface area contributed by atoms with Crippen molar-refractivity contribution in [3.8, 4) is 5.75 Å². The molecule has 1 amide bonds. The van der Waals surface area contributed by atoms with Crippen molar-refractivity contribution >= 4 is 29.1 Å². The first-order valence-corrected chi connectivity index (χ1v) is 10.5. The van der Waals surface area contributed by atoms with Crippen LogP contribution in [0.2, 0.25) is 5.02 Å². The van der Waals surface area contributed by atoms with E-state index in [4.69, 9.17) is 16.3 Å². The van der Waals surface area contributed by atoms with E-state index in [0.29, 0.717) is 24.5 Å². The van der Waals surface area contributed by atoms with Gasteiger partial charge in [-0.2, -0.15) is 0 Å². The molecule has 3 rings (SSSR count). The Hall–Kier alpha value is -2.86. The second-order valence-electron chi connectivity index (χ2n) is 7.06. The van der Waals surface area contributed by atoms with Gasteiger partial charge in [0.05, 0.1) is 23.2 Å². The summed E-state index contributed by atoms with van der Waals surface area (Å²) in [5.41, 5.74) is 0.926. The number of aliphatic hydroxyl groups excluding tert-OH is 1. The Bertz CT molecular complexity index is 959. The molecule has 30 heavy (non-hydrogen) atoms. The topological polar surface area (TPSA) is 79.7 Å². The number of carbonyl (C=O) groups excluding carboxylic acids is 2. The van der Waals surface area contributed by atoms with E-state index in [9.17, 15) is 14.7 Å². The lowest BCUT2D eigenvalue weighted by Gasteiger charge is -2.25. The second kappa shape index (κ2) is 9.76. The minimum Gasteiger partial charge on any atom is -0.507 e. The first-order valence-electron chi connectivity index (χ1n) is 10.1. The van der Waals surface area contributed by atoms with E-state index >= 15 is 0 Å². The van der Waals surface area contributed by atoms with Crippen LogP contribution in [0.4, 0.5) is 0 Å². The molecule has 0 spiro atoms. The zero-order valence-corrected chi connectivity index (χ0v) is 17.9. The van der Waals surface area contributed by atoms with Gasteiger partial charge in [-0.25, -0.2) is 0 Å². The molecule has 1 unspecified atom stereocenters. The highest BCUT2D eigenvalue weighted by molar-refractivity contribution is 6.47. The Labute approximate surface area is 181 Å². The number of likely N-dealkylation sites (tertiary alicyclic amines) is 1. The molecule has 1 aliphatic rings. The number of aromatic nitrogens is 1. The Balaban J connectivity index is 2.13. The third-order valence-corrected chi connectivity index (χ3v) is 5.38. The number of halogens is 1. The maximum Gasteiger partial charge on any atom is 0.295 e. The van der Waals surface area contributed by atoms with Gasteiger partial charge in [-0.15, -0.1) is 0 Å². The molecule has 1 atom stereocenters. The van der Waals surface area contributed by atoms with Crippen molar-refractivity contribution in [2.24, 2.45) is 0 Å². The highest BCUT2D eigenvalue weighted by Crippen LogP contribution is 2.41. The summed E-state index contributed by atoms with van der Waals surface area (Å²) in [4.78, 5) is 31.4. The smallest absolute Gasteiger partial charge is 0.295 e. The lowest BCUT2D eigenvalue weighted by Crippen LogP contribution is -2.30. The van der Waals surface area contributed by atoms with Gasteiger partial charge >= 0.3 is 0 Å².